The van der Waals surface area contributed by atoms with Gasteiger partial charge in [0.15, 0.2) is 0 Å². The van der Waals surface area contributed by atoms with Crippen LogP contribution in [0.25, 0.3) is 0 Å². The Labute approximate surface area is 77.6 Å². The summed E-state index contributed by atoms with van der Waals surface area (Å²) in [6.45, 7) is 1.99. The highest BCUT2D eigenvalue weighted by Gasteiger charge is 2.19. The molecule has 0 aromatic heterocycles. The number of phenolic OH excluding ortho intramolecular Hbond substituents is 1. The molecule has 2 rings (SSSR count). The second kappa shape index (κ2) is 3.26. The van der Waals surface area contributed by atoms with Crippen LogP contribution in [0.4, 0.5) is 5.69 Å². The van der Waals surface area contributed by atoms with Gasteiger partial charge in [0, 0.05) is 24.2 Å². The van der Waals surface area contributed by atoms with Gasteiger partial charge in [-0.1, -0.05) is 6.07 Å². The van der Waals surface area contributed by atoms with E-state index >= 15 is 0 Å². The monoisotopic (exact) mass is 178 g/mol. The summed E-state index contributed by atoms with van der Waals surface area (Å²) in [5.74, 6) is 0.773. The van der Waals surface area contributed by atoms with Crippen LogP contribution in [-0.4, -0.2) is 18.2 Å². The van der Waals surface area contributed by atoms with Crippen molar-refractivity contribution in [2.45, 2.75) is 12.3 Å². The number of rotatable bonds is 1. The lowest BCUT2D eigenvalue weighted by Crippen LogP contribution is -2.08. The van der Waals surface area contributed by atoms with E-state index in [-0.39, 0.29) is 0 Å². The van der Waals surface area contributed by atoms with Crippen molar-refractivity contribution in [2.24, 2.45) is 0 Å². The maximum atomic E-state index is 9.64. The Morgan fingerprint density at radius 1 is 1.46 bits per heavy atom. The van der Waals surface area contributed by atoms with Crippen molar-refractivity contribution in [3.05, 3.63) is 23.8 Å². The summed E-state index contributed by atoms with van der Waals surface area (Å²) in [6.07, 6.45) is 1.09. The average molecular weight is 178 g/mol. The molecule has 13 heavy (non-hydrogen) atoms. The van der Waals surface area contributed by atoms with E-state index in [0.29, 0.717) is 17.4 Å². The van der Waals surface area contributed by atoms with Crippen LogP contribution in [0.15, 0.2) is 18.2 Å². The average Bonchev–Trinajstić information content (AvgIpc) is 2.56. The normalized spacial score (nSPS) is 22.0. The van der Waals surface area contributed by atoms with Gasteiger partial charge in [-0.3, -0.25) is 0 Å². The zero-order valence-corrected chi connectivity index (χ0v) is 7.46. The van der Waals surface area contributed by atoms with Gasteiger partial charge in [-0.2, -0.15) is 0 Å². The molecule has 1 heterocycles. The molecular weight excluding hydrogens is 164 g/mol. The Morgan fingerprint density at radius 2 is 2.31 bits per heavy atom. The zero-order chi connectivity index (χ0) is 9.26. The fourth-order valence-corrected chi connectivity index (χ4v) is 1.83. The minimum atomic E-state index is 0.328. The molecule has 1 atom stereocenters. The lowest BCUT2D eigenvalue weighted by molar-refractivity contribution is 0.463. The summed E-state index contributed by atoms with van der Waals surface area (Å²) in [6, 6.07) is 5.38. The third kappa shape index (κ3) is 1.60. The maximum absolute atomic E-state index is 9.64. The van der Waals surface area contributed by atoms with Gasteiger partial charge >= 0.3 is 0 Å². The van der Waals surface area contributed by atoms with Crippen LogP contribution < -0.4 is 11.1 Å². The van der Waals surface area contributed by atoms with E-state index in [1.807, 2.05) is 12.1 Å². The highest BCUT2D eigenvalue weighted by molar-refractivity contribution is 5.49. The molecule has 3 heteroatoms. The summed E-state index contributed by atoms with van der Waals surface area (Å²) in [7, 11) is 0. The number of nitrogens with two attached hydrogens (primary N) is 1. The number of hydrogen-bond donors (Lipinski definition) is 3. The molecule has 1 saturated heterocycles. The SMILES string of the molecule is Nc1ccc([C@@H]2CCNC2)c(O)c1. The molecule has 3 nitrogen and oxygen atoms in total. The van der Waals surface area contributed by atoms with Gasteiger partial charge in [-0.15, -0.1) is 0 Å². The van der Waals surface area contributed by atoms with Crippen LogP contribution in [0.2, 0.25) is 0 Å². The highest BCUT2D eigenvalue weighted by atomic mass is 16.3. The number of nitrogens with one attached hydrogen (secondary N) is 1. The fourth-order valence-electron chi connectivity index (χ4n) is 1.83. The fraction of sp³-hybridized carbons (Fsp3) is 0.400. The van der Waals surface area contributed by atoms with Crippen molar-refractivity contribution < 1.29 is 5.11 Å². The molecule has 0 radical (unpaired) electrons. The van der Waals surface area contributed by atoms with Crippen molar-refractivity contribution >= 4 is 5.69 Å². The van der Waals surface area contributed by atoms with Crippen molar-refractivity contribution in [2.75, 3.05) is 18.8 Å². The lowest BCUT2D eigenvalue weighted by atomic mass is 9.97. The van der Waals surface area contributed by atoms with Crippen LogP contribution in [-0.2, 0) is 0 Å². The van der Waals surface area contributed by atoms with E-state index in [0.717, 1.165) is 25.1 Å². The summed E-state index contributed by atoms with van der Waals surface area (Å²) in [5, 5.41) is 12.9. The molecule has 0 amide bonds. The summed E-state index contributed by atoms with van der Waals surface area (Å²) in [4.78, 5) is 0. The summed E-state index contributed by atoms with van der Waals surface area (Å²) < 4.78 is 0. The lowest BCUT2D eigenvalue weighted by Gasteiger charge is -2.10. The van der Waals surface area contributed by atoms with E-state index in [4.69, 9.17) is 5.73 Å². The number of phenols is 1. The molecule has 1 aliphatic rings. The first-order chi connectivity index (χ1) is 6.27. The predicted octanol–water partition coefficient (Wildman–Crippen LogP) is 1.05. The second-order valence-corrected chi connectivity index (χ2v) is 3.51. The van der Waals surface area contributed by atoms with Crippen LogP contribution in [0.5, 0.6) is 5.75 Å². The third-order valence-corrected chi connectivity index (χ3v) is 2.55. The molecule has 1 aromatic carbocycles. The smallest absolute Gasteiger partial charge is 0.121 e. The number of anilines is 1. The number of aromatic hydroxyl groups is 1. The quantitative estimate of drug-likeness (QED) is 0.563. The standard InChI is InChI=1S/C10H14N2O/c11-8-1-2-9(10(13)5-8)7-3-4-12-6-7/h1-2,5,7,12-13H,3-4,6,11H2/t7-/m1/s1. The first-order valence-corrected chi connectivity index (χ1v) is 4.56. The maximum Gasteiger partial charge on any atom is 0.121 e. The third-order valence-electron chi connectivity index (χ3n) is 2.55. The van der Waals surface area contributed by atoms with E-state index in [1.165, 1.54) is 0 Å². The molecule has 0 spiro atoms. The molecule has 0 aliphatic carbocycles. The molecule has 1 fully saturated rings. The van der Waals surface area contributed by atoms with E-state index < -0.39 is 0 Å². The summed E-state index contributed by atoms with van der Waals surface area (Å²) in [5.41, 5.74) is 7.18. The van der Waals surface area contributed by atoms with E-state index in [9.17, 15) is 5.11 Å². The molecule has 0 unspecified atom stereocenters. The Balaban J connectivity index is 2.29. The first-order valence-electron chi connectivity index (χ1n) is 4.56. The van der Waals surface area contributed by atoms with Gasteiger partial charge in [0.2, 0.25) is 0 Å². The minimum Gasteiger partial charge on any atom is -0.508 e. The van der Waals surface area contributed by atoms with Crippen LogP contribution in [0.3, 0.4) is 0 Å². The number of hydrogen-bond acceptors (Lipinski definition) is 3. The van der Waals surface area contributed by atoms with Crippen molar-refractivity contribution in [3.63, 3.8) is 0 Å². The molecule has 0 bridgehead atoms. The van der Waals surface area contributed by atoms with Crippen molar-refractivity contribution in [1.82, 2.24) is 5.32 Å². The molecule has 1 aliphatic heterocycles. The number of benzene rings is 1. The molecule has 0 saturated carbocycles. The molecular formula is C10H14N2O. The highest BCUT2D eigenvalue weighted by Crippen LogP contribution is 2.31. The first kappa shape index (κ1) is 8.38. The van der Waals surface area contributed by atoms with Crippen molar-refractivity contribution in [1.29, 1.82) is 0 Å². The molecule has 1 aromatic rings. The van der Waals surface area contributed by atoms with Gasteiger partial charge in [0.25, 0.3) is 0 Å². The van der Waals surface area contributed by atoms with Gasteiger partial charge in [-0.05, 0) is 24.6 Å². The largest absolute Gasteiger partial charge is 0.508 e. The summed E-state index contributed by atoms with van der Waals surface area (Å²) >= 11 is 0. The Hall–Kier alpha value is -1.22. The van der Waals surface area contributed by atoms with Crippen LogP contribution in [0.1, 0.15) is 17.9 Å². The Morgan fingerprint density at radius 3 is 2.92 bits per heavy atom. The Bertz CT molecular complexity index is 306. The predicted molar refractivity (Wildman–Crippen MR) is 52.7 cm³/mol. The van der Waals surface area contributed by atoms with E-state index in [1.54, 1.807) is 6.07 Å². The topological polar surface area (TPSA) is 58.3 Å². The van der Waals surface area contributed by atoms with Crippen LogP contribution >= 0.6 is 0 Å². The second-order valence-electron chi connectivity index (χ2n) is 3.51. The zero-order valence-electron chi connectivity index (χ0n) is 7.46. The van der Waals surface area contributed by atoms with E-state index in [2.05, 4.69) is 5.32 Å². The van der Waals surface area contributed by atoms with Gasteiger partial charge < -0.3 is 16.2 Å². The van der Waals surface area contributed by atoms with Gasteiger partial charge in [0.1, 0.15) is 5.75 Å². The molecule has 4 N–H and O–H groups in total. The van der Waals surface area contributed by atoms with Crippen LogP contribution in [0, 0.1) is 0 Å². The minimum absolute atomic E-state index is 0.328. The van der Waals surface area contributed by atoms with Gasteiger partial charge in [-0.25, -0.2) is 0 Å². The Kier molecular flexibility index (Phi) is 2.10. The number of nitrogen functional groups attached to an aromatic ring is 1. The van der Waals surface area contributed by atoms with Crippen molar-refractivity contribution in [3.8, 4) is 5.75 Å². The van der Waals surface area contributed by atoms with Gasteiger partial charge in [0.05, 0.1) is 0 Å². The molecule has 70 valence electrons.